The predicted molar refractivity (Wildman–Crippen MR) is 158 cm³/mol. The normalized spacial score (nSPS) is 11.9. The highest BCUT2D eigenvalue weighted by molar-refractivity contribution is 7.00. The minimum Gasteiger partial charge on any atom is -0.454 e. The van der Waals surface area contributed by atoms with Gasteiger partial charge in [0.2, 0.25) is 5.69 Å². The lowest BCUT2D eigenvalue weighted by Gasteiger charge is -2.26. The van der Waals surface area contributed by atoms with Crippen molar-refractivity contribution in [3.05, 3.63) is 114 Å². The molecule has 0 aliphatic carbocycles. The van der Waals surface area contributed by atoms with E-state index in [1.54, 1.807) is 6.07 Å². The van der Waals surface area contributed by atoms with E-state index in [0.29, 0.717) is 11.1 Å². The molecule has 0 radical (unpaired) electrons. The number of furan rings is 1. The Labute approximate surface area is 224 Å². The van der Waals surface area contributed by atoms with Crippen LogP contribution in [-0.4, -0.2) is 8.07 Å². The van der Waals surface area contributed by atoms with E-state index in [1.165, 1.54) is 15.9 Å². The molecule has 4 heteroatoms. The molecule has 0 amide bonds. The largest absolute Gasteiger partial charge is 0.454 e. The third-order valence-electron chi connectivity index (χ3n) is 7.96. The van der Waals surface area contributed by atoms with Gasteiger partial charge in [0.25, 0.3) is 0 Å². The predicted octanol–water partition coefficient (Wildman–Crippen LogP) is 7.32. The molecule has 0 N–H and O–H groups in total. The van der Waals surface area contributed by atoms with Crippen LogP contribution in [0.3, 0.4) is 0 Å². The molecule has 4 aromatic carbocycles. The Kier molecular flexibility index (Phi) is 5.80. The van der Waals surface area contributed by atoms with Crippen molar-refractivity contribution >= 4 is 40.4 Å². The van der Waals surface area contributed by atoms with Crippen molar-refractivity contribution < 1.29 is 13.4 Å². The van der Waals surface area contributed by atoms with E-state index in [9.17, 15) is 0 Å². The van der Waals surface area contributed by atoms with Crippen LogP contribution in [-0.2, 0) is 7.05 Å². The molecule has 6 aromatic rings. The maximum atomic E-state index is 15.6. The molecule has 0 spiro atoms. The second-order valence-corrected chi connectivity index (χ2v) is 15.1. The molecule has 0 fully saturated rings. The topological polar surface area (TPSA) is 17.0 Å². The van der Waals surface area contributed by atoms with E-state index in [0.717, 1.165) is 38.7 Å². The zero-order valence-electron chi connectivity index (χ0n) is 22.5. The maximum absolute atomic E-state index is 15.6. The van der Waals surface area contributed by atoms with E-state index in [1.807, 2.05) is 31.4 Å². The summed E-state index contributed by atoms with van der Waals surface area (Å²) in [5.74, 6) is -0.271. The van der Waals surface area contributed by atoms with Crippen molar-refractivity contribution in [3.8, 4) is 22.4 Å². The molecule has 0 saturated carbocycles. The number of fused-ring (bicyclic) bond motifs is 3. The third-order valence-corrected chi connectivity index (χ3v) is 11.6. The van der Waals surface area contributed by atoms with Crippen LogP contribution < -0.4 is 14.9 Å². The van der Waals surface area contributed by atoms with Gasteiger partial charge in [0.1, 0.15) is 32.1 Å². The van der Waals surface area contributed by atoms with Gasteiger partial charge in [0.05, 0.1) is 11.1 Å². The van der Waals surface area contributed by atoms with Gasteiger partial charge >= 0.3 is 0 Å². The van der Waals surface area contributed by atoms with E-state index in [-0.39, 0.29) is 5.82 Å². The Balaban J connectivity index is 1.56. The van der Waals surface area contributed by atoms with Gasteiger partial charge in [-0.1, -0.05) is 89.7 Å². The Morgan fingerprint density at radius 2 is 1.39 bits per heavy atom. The zero-order valence-corrected chi connectivity index (χ0v) is 23.5. The summed E-state index contributed by atoms with van der Waals surface area (Å²) < 4.78 is 24.3. The Hall–Kier alpha value is -4.02. The molecule has 2 nitrogen and oxygen atoms in total. The minimum atomic E-state index is -1.89. The van der Waals surface area contributed by atoms with Crippen LogP contribution in [0.2, 0.25) is 13.1 Å². The lowest BCUT2D eigenvalue weighted by Crippen LogP contribution is -2.53. The van der Waals surface area contributed by atoms with Crippen molar-refractivity contribution in [1.29, 1.82) is 0 Å². The summed E-state index contributed by atoms with van der Waals surface area (Å²) in [5, 5.41) is 4.67. The molecule has 6 rings (SSSR count). The fourth-order valence-corrected chi connectivity index (χ4v) is 8.77. The van der Waals surface area contributed by atoms with Crippen molar-refractivity contribution in [2.75, 3.05) is 0 Å². The van der Waals surface area contributed by atoms with Crippen molar-refractivity contribution in [3.63, 3.8) is 0 Å². The van der Waals surface area contributed by atoms with Gasteiger partial charge in [0, 0.05) is 22.9 Å². The molecule has 0 bridgehead atoms. The average Bonchev–Trinajstić information content (AvgIpc) is 3.28. The summed E-state index contributed by atoms with van der Waals surface area (Å²) in [6, 6.07) is 30.9. The first-order chi connectivity index (χ1) is 18.3. The van der Waals surface area contributed by atoms with Crippen molar-refractivity contribution in [1.82, 2.24) is 0 Å². The van der Waals surface area contributed by atoms with Gasteiger partial charge in [0.15, 0.2) is 6.20 Å². The quantitative estimate of drug-likeness (QED) is 0.177. The Morgan fingerprint density at radius 1 is 0.711 bits per heavy atom. The summed E-state index contributed by atoms with van der Waals surface area (Å²) in [6.07, 6.45) is 2.03. The number of hydrogen-bond donors (Lipinski definition) is 0. The molecule has 188 valence electrons. The van der Waals surface area contributed by atoms with E-state index < -0.39 is 8.07 Å². The summed E-state index contributed by atoms with van der Waals surface area (Å²) in [5.41, 5.74) is 7.15. The summed E-state index contributed by atoms with van der Waals surface area (Å²) >= 11 is 0. The number of nitrogens with zero attached hydrogens (tertiary/aromatic N) is 1. The summed E-state index contributed by atoms with van der Waals surface area (Å²) in [4.78, 5) is 0. The number of benzene rings is 4. The van der Waals surface area contributed by atoms with Gasteiger partial charge in [-0.15, -0.1) is 0 Å². The highest BCUT2D eigenvalue weighted by Crippen LogP contribution is 2.41. The number of rotatable bonds is 4. The summed E-state index contributed by atoms with van der Waals surface area (Å²) in [6.45, 7) is 8.98. The molecule has 2 heterocycles. The van der Waals surface area contributed by atoms with E-state index in [2.05, 4.69) is 98.2 Å². The Bertz CT molecular complexity index is 1840. The Morgan fingerprint density at radius 3 is 2.11 bits per heavy atom. The monoisotopic (exact) mass is 516 g/mol. The first-order valence-electron chi connectivity index (χ1n) is 13.0. The molecular formula is C34H31FNOSi+. The van der Waals surface area contributed by atoms with Crippen LogP contribution in [0.15, 0.2) is 102 Å². The molecular weight excluding hydrogens is 485 g/mol. The van der Waals surface area contributed by atoms with Crippen LogP contribution in [0.1, 0.15) is 11.1 Å². The molecule has 0 atom stereocenters. The third kappa shape index (κ3) is 3.79. The van der Waals surface area contributed by atoms with Crippen molar-refractivity contribution in [2.24, 2.45) is 7.05 Å². The zero-order chi connectivity index (χ0) is 26.6. The fourth-order valence-electron chi connectivity index (χ4n) is 5.88. The van der Waals surface area contributed by atoms with Gasteiger partial charge in [-0.3, -0.25) is 0 Å². The lowest BCUT2D eigenvalue weighted by atomic mass is 9.98. The van der Waals surface area contributed by atoms with Crippen LogP contribution in [0.5, 0.6) is 0 Å². The molecule has 0 unspecified atom stereocenters. The number of aromatic nitrogens is 1. The van der Waals surface area contributed by atoms with Gasteiger partial charge < -0.3 is 4.42 Å². The average molecular weight is 517 g/mol. The van der Waals surface area contributed by atoms with Gasteiger partial charge in [-0.25, -0.2) is 8.96 Å². The van der Waals surface area contributed by atoms with Crippen molar-refractivity contribution in [2.45, 2.75) is 26.9 Å². The SMILES string of the molecule is Cc1cc(-c2c(F)ccc3c2oc2c(-c4cccc[n+]4C)c(C)ccc23)ccc1[Si](C)(C)c1ccccc1. The first kappa shape index (κ1) is 24.3. The molecule has 38 heavy (non-hydrogen) atoms. The highest BCUT2D eigenvalue weighted by atomic mass is 28.3. The lowest BCUT2D eigenvalue weighted by molar-refractivity contribution is -0.660. The molecule has 0 aliphatic rings. The maximum Gasteiger partial charge on any atom is 0.216 e. The van der Waals surface area contributed by atoms with Gasteiger partial charge in [-0.2, -0.15) is 0 Å². The molecule has 2 aromatic heterocycles. The number of hydrogen-bond acceptors (Lipinski definition) is 1. The number of halogens is 1. The van der Waals surface area contributed by atoms with E-state index in [4.69, 9.17) is 4.42 Å². The number of aryl methyl sites for hydroxylation is 3. The minimum absolute atomic E-state index is 0.271. The van der Waals surface area contributed by atoms with Gasteiger partial charge in [-0.05, 0) is 43.2 Å². The second-order valence-electron chi connectivity index (χ2n) is 10.8. The number of pyridine rings is 1. The van der Waals surface area contributed by atoms with Crippen LogP contribution >= 0.6 is 0 Å². The second kappa shape index (κ2) is 9.07. The van der Waals surface area contributed by atoms with E-state index >= 15 is 4.39 Å². The fraction of sp³-hybridized carbons (Fsp3) is 0.147. The van der Waals surface area contributed by atoms with Crippen LogP contribution in [0, 0.1) is 19.7 Å². The molecule has 0 aliphatic heterocycles. The highest BCUT2D eigenvalue weighted by Gasteiger charge is 2.28. The first-order valence-corrected chi connectivity index (χ1v) is 16.0. The van der Waals surface area contributed by atoms with Crippen LogP contribution in [0.25, 0.3) is 44.3 Å². The standard InChI is InChI=1S/C34H31FNOSi/c1-22-14-16-26-27-17-18-28(35)32(34(27)37-33(26)31(22)29-13-9-10-20-36(29)3)24-15-19-30(23(2)21-24)38(4,5)25-11-7-6-8-12-25/h6-21H,1-5H3/q+1. The summed E-state index contributed by atoms with van der Waals surface area (Å²) in [7, 11) is 0.140. The molecule has 0 saturated heterocycles. The van der Waals surface area contributed by atoms with Crippen LogP contribution in [0.4, 0.5) is 4.39 Å². The smallest absolute Gasteiger partial charge is 0.216 e.